The molecule has 5 heterocycles. The number of hydrogen-bond acceptors (Lipinski definition) is 9. The fourth-order valence-corrected chi connectivity index (χ4v) is 8.44. The zero-order chi connectivity index (χ0) is 37.6. The maximum absolute atomic E-state index is 15.7. The van der Waals surface area contributed by atoms with E-state index in [1.54, 1.807) is 19.4 Å². The van der Waals surface area contributed by atoms with Gasteiger partial charge in [0.05, 0.1) is 58.8 Å². The summed E-state index contributed by atoms with van der Waals surface area (Å²) in [5, 5.41) is 16.8. The topological polar surface area (TPSA) is 121 Å². The number of morpholine rings is 1. The van der Waals surface area contributed by atoms with E-state index < -0.39 is 29.4 Å². The molecule has 3 N–H and O–H groups in total. The van der Waals surface area contributed by atoms with Crippen molar-refractivity contribution in [3.63, 3.8) is 0 Å². The molecule has 0 radical (unpaired) electrons. The minimum Gasteiger partial charge on any atom is -0.379 e. The highest BCUT2D eigenvalue weighted by molar-refractivity contribution is 6.08. The Morgan fingerprint density at radius 1 is 1.04 bits per heavy atom. The molecule has 3 aromatic heterocycles. The third-order valence-corrected chi connectivity index (χ3v) is 11.9. The van der Waals surface area contributed by atoms with Crippen molar-refractivity contribution in [1.82, 2.24) is 29.7 Å². The summed E-state index contributed by atoms with van der Waals surface area (Å²) in [6, 6.07) is 6.56. The molecule has 3 fully saturated rings. The van der Waals surface area contributed by atoms with Crippen molar-refractivity contribution in [2.75, 3.05) is 36.5 Å². The quantitative estimate of drug-likeness (QED) is 0.157. The van der Waals surface area contributed by atoms with E-state index in [4.69, 9.17) is 14.7 Å². The monoisotopic (exact) mass is 732 g/mol. The molecule has 0 bridgehead atoms. The van der Waals surface area contributed by atoms with Crippen LogP contribution in [-0.2, 0) is 14.9 Å². The van der Waals surface area contributed by atoms with E-state index in [9.17, 15) is 18.7 Å². The van der Waals surface area contributed by atoms with Gasteiger partial charge < -0.3 is 24.6 Å². The lowest BCUT2D eigenvalue weighted by atomic mass is 9.71. The largest absolute Gasteiger partial charge is 0.379 e. The lowest BCUT2D eigenvalue weighted by molar-refractivity contribution is -0.124. The first-order valence-electron chi connectivity index (χ1n) is 18.5. The molecule has 11 nitrogen and oxygen atoms in total. The summed E-state index contributed by atoms with van der Waals surface area (Å²) in [5.41, 5.74) is 2.41. The predicted octanol–water partition coefficient (Wildman–Crippen LogP) is 6.52. The molecule has 2 aliphatic carbocycles. The van der Waals surface area contributed by atoms with Gasteiger partial charge in [-0.1, -0.05) is 0 Å². The number of aryl methyl sites for hydroxylation is 1. The van der Waals surface area contributed by atoms with Crippen molar-refractivity contribution in [3.8, 4) is 11.3 Å². The molecule has 2 saturated carbocycles. The summed E-state index contributed by atoms with van der Waals surface area (Å²) in [5.74, 6) is -0.249. The number of aromatic nitrogens is 4. The molecule has 282 valence electrons. The first-order valence-corrected chi connectivity index (χ1v) is 18.5. The number of anilines is 3. The molecule has 14 heteroatoms. The molecular formula is C39H47F3N8O3. The van der Waals surface area contributed by atoms with Gasteiger partial charge in [-0.2, -0.15) is 0 Å². The molecule has 8 rings (SSSR count). The van der Waals surface area contributed by atoms with Crippen molar-refractivity contribution in [3.05, 3.63) is 59.4 Å². The molecule has 1 atom stereocenters. The van der Waals surface area contributed by atoms with E-state index in [1.165, 1.54) is 12.1 Å². The number of imidazole rings is 1. The maximum atomic E-state index is 15.7. The molecule has 4 aliphatic rings. The number of fused-ring (bicyclic) bond motifs is 2. The fourth-order valence-electron chi connectivity index (χ4n) is 8.44. The Bertz CT molecular complexity index is 2090. The van der Waals surface area contributed by atoms with Crippen LogP contribution in [-0.4, -0.2) is 85.3 Å². The van der Waals surface area contributed by atoms with Gasteiger partial charge in [-0.3, -0.25) is 20.0 Å². The summed E-state index contributed by atoms with van der Waals surface area (Å²) < 4.78 is 50.6. The lowest BCUT2D eigenvalue weighted by Gasteiger charge is -2.55. The van der Waals surface area contributed by atoms with Crippen LogP contribution in [0, 0.1) is 12.7 Å². The van der Waals surface area contributed by atoms with Crippen molar-refractivity contribution in [2.24, 2.45) is 0 Å². The Hall–Kier alpha value is -4.11. The van der Waals surface area contributed by atoms with Gasteiger partial charge >= 0.3 is 0 Å². The SMILES string of the molecule is Cc1cc(F)c(Nc2nc(-c3cnc4c(c3)N([C@H]3C[C@@](C)(N5CCOCC5)C3)C(=O)C4(C)C)cc3ncn(C(C)C)c23)cc1C(O)NC1(C(F)F)CC1. The van der Waals surface area contributed by atoms with Gasteiger partial charge in [-0.25, -0.2) is 23.1 Å². The second-order valence-corrected chi connectivity index (χ2v) is 16.3. The number of rotatable bonds is 10. The summed E-state index contributed by atoms with van der Waals surface area (Å²) in [4.78, 5) is 33.0. The van der Waals surface area contributed by atoms with Crippen LogP contribution in [0.2, 0.25) is 0 Å². The van der Waals surface area contributed by atoms with Crippen LogP contribution < -0.4 is 15.5 Å². The van der Waals surface area contributed by atoms with E-state index in [2.05, 4.69) is 27.4 Å². The molecule has 2 aliphatic heterocycles. The predicted molar refractivity (Wildman–Crippen MR) is 196 cm³/mol. The van der Waals surface area contributed by atoms with Gasteiger partial charge in [0.25, 0.3) is 6.43 Å². The molecule has 0 spiro atoms. The summed E-state index contributed by atoms with van der Waals surface area (Å²) >= 11 is 0. The average molecular weight is 733 g/mol. The zero-order valence-electron chi connectivity index (χ0n) is 31.0. The van der Waals surface area contributed by atoms with Gasteiger partial charge in [0.2, 0.25) is 5.91 Å². The van der Waals surface area contributed by atoms with Crippen LogP contribution in [0.4, 0.5) is 30.4 Å². The number of aliphatic hydroxyl groups excluding tert-OH is 1. The van der Waals surface area contributed by atoms with Gasteiger partial charge in [-0.05, 0) is 97.1 Å². The van der Waals surface area contributed by atoms with Gasteiger partial charge in [0.1, 0.15) is 17.6 Å². The van der Waals surface area contributed by atoms with Gasteiger partial charge in [-0.15, -0.1) is 0 Å². The van der Waals surface area contributed by atoms with Crippen molar-refractivity contribution >= 4 is 34.1 Å². The number of carbonyl (C=O) groups excluding carboxylic acids is 1. The Kier molecular flexibility index (Phi) is 8.63. The second-order valence-electron chi connectivity index (χ2n) is 16.3. The molecule has 4 aromatic rings. The van der Waals surface area contributed by atoms with Crippen LogP contribution in [0.25, 0.3) is 22.3 Å². The fraction of sp³-hybridized carbons (Fsp3) is 0.538. The first kappa shape index (κ1) is 35.9. The lowest BCUT2D eigenvalue weighted by Crippen LogP contribution is -2.65. The summed E-state index contributed by atoms with van der Waals surface area (Å²) in [7, 11) is 0. The highest BCUT2D eigenvalue weighted by Crippen LogP contribution is 2.50. The number of halogens is 3. The molecule has 1 aromatic carbocycles. The maximum Gasteiger partial charge on any atom is 0.256 e. The van der Waals surface area contributed by atoms with Crippen LogP contribution in [0.15, 0.2) is 36.8 Å². The standard InChI is InChI=1S/C39H47F3N8O3/c1-21(2)49-20-44-29-16-27(45-33(31(29)49)46-28-15-25(22(3)13-26(28)40)34(51)47-39(7-8-39)35(41)42)23-14-30-32(43-19-23)37(4,5)36(52)50(30)24-17-38(6,18-24)48-9-11-53-12-10-48/h13-16,19-21,24,34-35,47,51H,7-12,17-18H2,1-6H3,(H,45,46)/t24-,34?,38+. The Morgan fingerprint density at radius 3 is 2.42 bits per heavy atom. The third kappa shape index (κ3) is 5.98. The smallest absolute Gasteiger partial charge is 0.256 e. The number of benzene rings is 1. The Labute approximate surface area is 306 Å². The third-order valence-electron chi connectivity index (χ3n) is 11.9. The van der Waals surface area contributed by atoms with Crippen LogP contribution in [0.5, 0.6) is 0 Å². The highest BCUT2D eigenvalue weighted by atomic mass is 19.3. The average Bonchev–Trinajstić information content (AvgIpc) is 3.71. The number of amides is 1. The van der Waals surface area contributed by atoms with Gasteiger partial charge in [0.15, 0.2) is 5.82 Å². The number of nitrogens with one attached hydrogen (secondary N) is 2. The van der Waals surface area contributed by atoms with E-state index >= 15 is 4.39 Å². The summed E-state index contributed by atoms with van der Waals surface area (Å²) in [6.07, 6.45) is 1.55. The van der Waals surface area contributed by atoms with E-state index in [0.29, 0.717) is 46.9 Å². The first-order chi connectivity index (χ1) is 25.1. The normalized spacial score (nSPS) is 24.2. The molecule has 53 heavy (non-hydrogen) atoms. The zero-order valence-corrected chi connectivity index (χ0v) is 31.0. The molecule has 1 amide bonds. The molecule has 1 unspecified atom stereocenters. The minimum absolute atomic E-state index is 0.00388. The number of alkyl halides is 2. The minimum atomic E-state index is -2.64. The summed E-state index contributed by atoms with van der Waals surface area (Å²) in [6.45, 7) is 14.9. The highest BCUT2D eigenvalue weighted by Gasteiger charge is 2.55. The van der Waals surface area contributed by atoms with Crippen molar-refractivity contribution in [2.45, 2.75) is 108 Å². The van der Waals surface area contributed by atoms with Crippen LogP contribution in [0.1, 0.15) is 89.4 Å². The molecular weight excluding hydrogens is 685 g/mol. The van der Waals surface area contributed by atoms with Gasteiger partial charge in [0, 0.05) is 48.0 Å². The Morgan fingerprint density at radius 2 is 1.75 bits per heavy atom. The Balaban J connectivity index is 1.15. The number of pyridine rings is 2. The van der Waals surface area contributed by atoms with E-state index in [1.807, 2.05) is 49.3 Å². The van der Waals surface area contributed by atoms with E-state index in [0.717, 1.165) is 37.3 Å². The van der Waals surface area contributed by atoms with Crippen LogP contribution >= 0.6 is 0 Å². The number of hydrogen-bond donors (Lipinski definition) is 3. The second kappa shape index (κ2) is 12.7. The van der Waals surface area contributed by atoms with E-state index in [-0.39, 0.29) is 47.6 Å². The number of ether oxygens (including phenoxy) is 1. The number of aliphatic hydroxyl groups is 1. The van der Waals surface area contributed by atoms with Crippen LogP contribution in [0.3, 0.4) is 0 Å². The molecule has 1 saturated heterocycles. The van der Waals surface area contributed by atoms with Crippen molar-refractivity contribution in [1.29, 1.82) is 0 Å². The van der Waals surface area contributed by atoms with Crippen molar-refractivity contribution < 1.29 is 27.8 Å². The number of carbonyl (C=O) groups is 1. The number of nitrogens with zero attached hydrogens (tertiary/aromatic N) is 6.